The van der Waals surface area contributed by atoms with Crippen molar-refractivity contribution in [1.29, 1.82) is 0 Å². The smallest absolute Gasteiger partial charge is 0.221 e. The van der Waals surface area contributed by atoms with Gasteiger partial charge in [-0.3, -0.25) is 9.59 Å². The van der Waals surface area contributed by atoms with Crippen LogP contribution in [0.5, 0.6) is 0 Å². The van der Waals surface area contributed by atoms with E-state index in [1.807, 2.05) is 63.2 Å². The number of thioether (sulfide) groups is 1. The Labute approximate surface area is 178 Å². The minimum atomic E-state index is -0.263. The van der Waals surface area contributed by atoms with E-state index >= 15 is 0 Å². The number of ketones is 1. The molecule has 0 fully saturated rings. The molecule has 0 saturated heterocycles. The number of rotatable bonds is 7. The number of hydrogen-bond donors (Lipinski definition) is 2. The molecule has 1 unspecified atom stereocenters. The molecular formula is C21H22N4O2S2. The number of nitrogens with one attached hydrogen (secondary N) is 2. The van der Waals surface area contributed by atoms with Gasteiger partial charge in [0.2, 0.25) is 11.0 Å². The lowest BCUT2D eigenvalue weighted by Crippen LogP contribution is -2.13. The van der Waals surface area contributed by atoms with Gasteiger partial charge in [0.1, 0.15) is 0 Å². The third-order valence-electron chi connectivity index (χ3n) is 4.28. The number of anilines is 3. The largest absolute Gasteiger partial charge is 0.330 e. The zero-order valence-corrected chi connectivity index (χ0v) is 18.3. The Kier molecular flexibility index (Phi) is 6.66. The molecule has 29 heavy (non-hydrogen) atoms. The van der Waals surface area contributed by atoms with E-state index in [0.717, 1.165) is 15.6 Å². The first-order valence-corrected chi connectivity index (χ1v) is 10.8. The molecule has 2 N–H and O–H groups in total. The number of aromatic nitrogens is 2. The van der Waals surface area contributed by atoms with Crippen LogP contribution in [0.2, 0.25) is 0 Å². The minimum absolute atomic E-state index is 0.0748. The molecule has 2 aromatic carbocycles. The molecule has 8 heteroatoms. The van der Waals surface area contributed by atoms with Crippen LogP contribution in [-0.2, 0) is 4.79 Å². The van der Waals surface area contributed by atoms with Gasteiger partial charge in [0.25, 0.3) is 0 Å². The van der Waals surface area contributed by atoms with E-state index in [-0.39, 0.29) is 16.9 Å². The molecule has 0 spiro atoms. The van der Waals surface area contributed by atoms with Crippen LogP contribution in [0, 0.1) is 13.8 Å². The number of carbonyl (C=O) groups is 2. The molecule has 0 aliphatic rings. The minimum Gasteiger partial charge on any atom is -0.330 e. The third kappa shape index (κ3) is 5.65. The molecule has 1 atom stereocenters. The zero-order chi connectivity index (χ0) is 21.0. The summed E-state index contributed by atoms with van der Waals surface area (Å²) in [5, 5.41) is 14.6. The number of Topliss-reactive ketones (excluding diaryl/α,β-unsaturated/α-hetero) is 1. The lowest BCUT2D eigenvalue weighted by Gasteiger charge is -2.09. The van der Waals surface area contributed by atoms with Crippen molar-refractivity contribution in [3.8, 4) is 0 Å². The fourth-order valence-electron chi connectivity index (χ4n) is 2.64. The molecule has 0 bridgehead atoms. The number of hydrogen-bond acceptors (Lipinski definition) is 7. The third-order valence-corrected chi connectivity index (χ3v) is 6.30. The van der Waals surface area contributed by atoms with Crippen LogP contribution in [0.15, 0.2) is 46.8 Å². The summed E-state index contributed by atoms with van der Waals surface area (Å²) in [6, 6.07) is 13.1. The summed E-state index contributed by atoms with van der Waals surface area (Å²) in [7, 11) is 0. The molecule has 1 heterocycles. The summed E-state index contributed by atoms with van der Waals surface area (Å²) in [6.07, 6.45) is 0. The van der Waals surface area contributed by atoms with Crippen LogP contribution in [0.1, 0.15) is 35.3 Å². The molecule has 0 saturated carbocycles. The standard InChI is InChI=1S/C21H22N4O2S2/c1-12-8-9-16(10-13(12)2)19(27)14(3)28-21-25-24-20(29-21)23-18-7-5-6-17(11-18)22-15(4)26/h5-11,14H,1-4H3,(H,22,26)(H,23,24). The zero-order valence-electron chi connectivity index (χ0n) is 16.6. The molecule has 0 radical (unpaired) electrons. The molecule has 1 amide bonds. The Hall–Kier alpha value is -2.71. The van der Waals surface area contributed by atoms with Gasteiger partial charge in [-0.25, -0.2) is 0 Å². The van der Waals surface area contributed by atoms with Crippen molar-refractivity contribution >= 4 is 51.3 Å². The maximum Gasteiger partial charge on any atom is 0.221 e. The second kappa shape index (κ2) is 9.19. The average molecular weight is 427 g/mol. The number of amides is 1. The van der Waals surface area contributed by atoms with Crippen molar-refractivity contribution < 1.29 is 9.59 Å². The number of aryl methyl sites for hydroxylation is 2. The van der Waals surface area contributed by atoms with Gasteiger partial charge in [-0.15, -0.1) is 10.2 Å². The van der Waals surface area contributed by atoms with Gasteiger partial charge < -0.3 is 10.6 Å². The Bertz CT molecular complexity index is 1050. The highest BCUT2D eigenvalue weighted by molar-refractivity contribution is 8.02. The summed E-state index contributed by atoms with van der Waals surface area (Å²) in [6.45, 7) is 7.39. The van der Waals surface area contributed by atoms with E-state index in [9.17, 15) is 9.59 Å². The molecule has 1 aromatic heterocycles. The van der Waals surface area contributed by atoms with Crippen molar-refractivity contribution in [2.75, 3.05) is 10.6 Å². The maximum absolute atomic E-state index is 12.7. The van der Waals surface area contributed by atoms with Crippen molar-refractivity contribution in [2.24, 2.45) is 0 Å². The Balaban J connectivity index is 1.64. The fourth-order valence-corrected chi connectivity index (χ4v) is 4.64. The topological polar surface area (TPSA) is 84.0 Å². The highest BCUT2D eigenvalue weighted by atomic mass is 32.2. The van der Waals surface area contributed by atoms with Crippen molar-refractivity contribution in [1.82, 2.24) is 10.2 Å². The van der Waals surface area contributed by atoms with Crippen molar-refractivity contribution in [3.05, 3.63) is 59.2 Å². The van der Waals surface area contributed by atoms with Crippen molar-refractivity contribution in [3.63, 3.8) is 0 Å². The van der Waals surface area contributed by atoms with Crippen LogP contribution in [-0.4, -0.2) is 27.1 Å². The van der Waals surface area contributed by atoms with Gasteiger partial charge >= 0.3 is 0 Å². The number of nitrogens with zero attached hydrogens (tertiary/aromatic N) is 2. The normalized spacial score (nSPS) is 11.7. The quantitative estimate of drug-likeness (QED) is 0.398. The number of benzene rings is 2. The molecule has 150 valence electrons. The summed E-state index contributed by atoms with van der Waals surface area (Å²) >= 11 is 2.78. The average Bonchev–Trinajstić information content (AvgIpc) is 3.09. The molecule has 0 aliphatic carbocycles. The molecule has 0 aliphatic heterocycles. The lowest BCUT2D eigenvalue weighted by atomic mass is 10.0. The van der Waals surface area contributed by atoms with Gasteiger partial charge in [-0.2, -0.15) is 0 Å². The first-order chi connectivity index (χ1) is 13.8. The highest BCUT2D eigenvalue weighted by Gasteiger charge is 2.19. The van der Waals surface area contributed by atoms with Gasteiger partial charge in [0, 0.05) is 23.9 Å². The molecule has 3 aromatic rings. The van der Waals surface area contributed by atoms with Crippen LogP contribution in [0.25, 0.3) is 0 Å². The lowest BCUT2D eigenvalue weighted by molar-refractivity contribution is -0.114. The second-order valence-electron chi connectivity index (χ2n) is 6.68. The molecular weight excluding hydrogens is 404 g/mol. The van der Waals surface area contributed by atoms with E-state index in [2.05, 4.69) is 20.8 Å². The predicted molar refractivity (Wildman–Crippen MR) is 120 cm³/mol. The Morgan fingerprint density at radius 3 is 2.52 bits per heavy atom. The SMILES string of the molecule is CC(=O)Nc1cccc(Nc2nnc(SC(C)C(=O)c3ccc(C)c(C)c3)s2)c1. The van der Waals surface area contributed by atoms with Crippen LogP contribution in [0.4, 0.5) is 16.5 Å². The first kappa shape index (κ1) is 21.0. The highest BCUT2D eigenvalue weighted by Crippen LogP contribution is 2.32. The first-order valence-electron chi connectivity index (χ1n) is 9.08. The monoisotopic (exact) mass is 426 g/mol. The molecule has 6 nitrogen and oxygen atoms in total. The van der Waals surface area contributed by atoms with E-state index in [0.29, 0.717) is 16.4 Å². The van der Waals surface area contributed by atoms with E-state index < -0.39 is 0 Å². The summed E-state index contributed by atoms with van der Waals surface area (Å²) < 4.78 is 0.718. The van der Waals surface area contributed by atoms with Crippen LogP contribution < -0.4 is 10.6 Å². The van der Waals surface area contributed by atoms with Gasteiger partial charge in [-0.1, -0.05) is 41.3 Å². The van der Waals surface area contributed by atoms with Crippen LogP contribution >= 0.6 is 23.1 Å². The van der Waals surface area contributed by atoms with E-state index in [1.165, 1.54) is 35.6 Å². The Morgan fingerprint density at radius 1 is 1.03 bits per heavy atom. The summed E-state index contributed by atoms with van der Waals surface area (Å²) in [4.78, 5) is 23.9. The van der Waals surface area contributed by atoms with Gasteiger partial charge in [0.15, 0.2) is 10.1 Å². The van der Waals surface area contributed by atoms with E-state index in [4.69, 9.17) is 0 Å². The fraction of sp³-hybridized carbons (Fsp3) is 0.238. The van der Waals surface area contributed by atoms with Gasteiger partial charge in [0.05, 0.1) is 5.25 Å². The number of carbonyl (C=O) groups excluding carboxylic acids is 2. The maximum atomic E-state index is 12.7. The van der Waals surface area contributed by atoms with Crippen LogP contribution in [0.3, 0.4) is 0 Å². The van der Waals surface area contributed by atoms with Crippen molar-refractivity contribution in [2.45, 2.75) is 37.3 Å². The summed E-state index contributed by atoms with van der Waals surface area (Å²) in [5.74, 6) is -0.0509. The van der Waals surface area contributed by atoms with Gasteiger partial charge in [-0.05, 0) is 56.2 Å². The predicted octanol–water partition coefficient (Wildman–Crippen LogP) is 5.22. The Morgan fingerprint density at radius 2 is 1.79 bits per heavy atom. The molecule has 3 rings (SSSR count). The summed E-state index contributed by atoms with van der Waals surface area (Å²) in [5.41, 5.74) is 4.49. The second-order valence-corrected chi connectivity index (χ2v) is 9.25. The van der Waals surface area contributed by atoms with E-state index in [1.54, 1.807) is 0 Å².